The highest BCUT2D eigenvalue weighted by Gasteiger charge is 2.19. The Morgan fingerprint density at radius 1 is 0.750 bits per heavy atom. The van der Waals surface area contributed by atoms with Crippen molar-refractivity contribution in [3.63, 3.8) is 0 Å². The van der Waals surface area contributed by atoms with Crippen molar-refractivity contribution < 1.29 is 0 Å². The van der Waals surface area contributed by atoms with E-state index in [-0.39, 0.29) is 0 Å². The van der Waals surface area contributed by atoms with Crippen LogP contribution >= 0.6 is 0 Å². The molecule has 2 aromatic rings. The van der Waals surface area contributed by atoms with Crippen LogP contribution in [-0.4, -0.2) is 7.28 Å². The molecule has 0 saturated heterocycles. The summed E-state index contributed by atoms with van der Waals surface area (Å²) in [5.74, 6) is 0.624. The van der Waals surface area contributed by atoms with Gasteiger partial charge in [-0.25, -0.2) is 0 Å². The first-order valence-electron chi connectivity index (χ1n) is 9.21. The Hall–Kier alpha value is -1.50. The van der Waals surface area contributed by atoms with Crippen LogP contribution in [0.25, 0.3) is 0 Å². The molecular weight excluding hydrogens is 287 g/mol. The molecule has 1 radical (unpaired) electrons. The summed E-state index contributed by atoms with van der Waals surface area (Å²) in [6.07, 6.45) is 1.19. The lowest BCUT2D eigenvalue weighted by molar-refractivity contribution is 0.721. The molecule has 1 heteroatoms. The van der Waals surface area contributed by atoms with Crippen molar-refractivity contribution in [2.45, 2.75) is 74.7 Å². The molecule has 0 bridgehead atoms. The average molecular weight is 319 g/mol. The summed E-state index contributed by atoms with van der Waals surface area (Å²) in [5, 5.41) is 0. The molecule has 0 fully saturated rings. The predicted octanol–water partition coefficient (Wildman–Crippen LogP) is 5.01. The Morgan fingerprint density at radius 2 is 1.21 bits per heavy atom. The SMILES string of the molecule is CCC(C)c1c(C)c(C)c([B]c2c(C)cc(C)cc2C)c(C)c1C. The Labute approximate surface area is 149 Å². The highest BCUT2D eigenvalue weighted by molar-refractivity contribution is 6.69. The van der Waals surface area contributed by atoms with Crippen LogP contribution < -0.4 is 10.9 Å². The van der Waals surface area contributed by atoms with Crippen molar-refractivity contribution in [2.24, 2.45) is 0 Å². The van der Waals surface area contributed by atoms with Gasteiger partial charge in [0, 0.05) is 0 Å². The molecule has 0 spiro atoms. The fraction of sp³-hybridized carbons (Fsp3) is 0.478. The maximum absolute atomic E-state index is 2.41. The van der Waals surface area contributed by atoms with Crippen LogP contribution in [0.15, 0.2) is 12.1 Å². The van der Waals surface area contributed by atoms with Gasteiger partial charge < -0.3 is 0 Å². The number of hydrogen-bond donors (Lipinski definition) is 0. The lowest BCUT2D eigenvalue weighted by atomic mass is 9.57. The van der Waals surface area contributed by atoms with Crippen LogP contribution in [0, 0.1) is 48.5 Å². The van der Waals surface area contributed by atoms with Crippen molar-refractivity contribution in [3.8, 4) is 0 Å². The molecule has 2 aromatic carbocycles. The van der Waals surface area contributed by atoms with Gasteiger partial charge >= 0.3 is 0 Å². The monoisotopic (exact) mass is 319 g/mol. The van der Waals surface area contributed by atoms with E-state index in [0.29, 0.717) is 5.92 Å². The summed E-state index contributed by atoms with van der Waals surface area (Å²) in [7, 11) is 2.41. The maximum atomic E-state index is 2.41. The third-order valence-corrected chi connectivity index (χ3v) is 5.87. The second-order valence-corrected chi connectivity index (χ2v) is 7.59. The normalized spacial score (nSPS) is 12.4. The molecular formula is C23H32B. The number of rotatable bonds is 4. The van der Waals surface area contributed by atoms with Crippen LogP contribution in [0.3, 0.4) is 0 Å². The lowest BCUT2D eigenvalue weighted by Crippen LogP contribution is -2.36. The summed E-state index contributed by atoms with van der Waals surface area (Å²) in [4.78, 5) is 0. The largest absolute Gasteiger partial charge is 0.192 e. The highest BCUT2D eigenvalue weighted by atomic mass is 14.2. The van der Waals surface area contributed by atoms with Crippen molar-refractivity contribution in [2.75, 3.05) is 0 Å². The van der Waals surface area contributed by atoms with E-state index in [4.69, 9.17) is 0 Å². The van der Waals surface area contributed by atoms with Gasteiger partial charge in [-0.15, -0.1) is 0 Å². The van der Waals surface area contributed by atoms with Gasteiger partial charge in [-0.05, 0) is 77.5 Å². The molecule has 0 nitrogen and oxygen atoms in total. The zero-order valence-corrected chi connectivity index (χ0v) is 17.0. The summed E-state index contributed by atoms with van der Waals surface area (Å²) in [5.41, 5.74) is 14.2. The molecule has 2 rings (SSSR count). The van der Waals surface area contributed by atoms with Gasteiger partial charge in [0.2, 0.25) is 0 Å². The zero-order chi connectivity index (χ0) is 18.2. The fourth-order valence-corrected chi connectivity index (χ4v) is 4.09. The van der Waals surface area contributed by atoms with Crippen molar-refractivity contribution >= 4 is 18.2 Å². The molecule has 1 unspecified atom stereocenters. The molecule has 0 amide bonds. The van der Waals surface area contributed by atoms with E-state index >= 15 is 0 Å². The van der Waals surface area contributed by atoms with Crippen molar-refractivity contribution in [1.29, 1.82) is 0 Å². The van der Waals surface area contributed by atoms with Crippen molar-refractivity contribution in [3.05, 3.63) is 56.6 Å². The molecule has 0 aliphatic carbocycles. The van der Waals surface area contributed by atoms with Crippen LogP contribution in [-0.2, 0) is 0 Å². The number of benzene rings is 2. The standard InChI is InChI=1S/C23H32B/c1-10-14(3)21-17(6)19(8)23(20(9)18(21)7)24-22-15(4)11-13(2)12-16(22)5/h11-12,14H,10H2,1-9H3. The summed E-state index contributed by atoms with van der Waals surface area (Å²) < 4.78 is 0. The van der Waals surface area contributed by atoms with E-state index in [1.165, 1.54) is 56.3 Å². The van der Waals surface area contributed by atoms with Crippen molar-refractivity contribution in [1.82, 2.24) is 0 Å². The fourth-order valence-electron chi connectivity index (χ4n) is 4.09. The molecule has 0 saturated carbocycles. The van der Waals surface area contributed by atoms with Crippen LogP contribution in [0.5, 0.6) is 0 Å². The van der Waals surface area contributed by atoms with Gasteiger partial charge in [0.25, 0.3) is 0 Å². The Kier molecular flexibility index (Phi) is 5.63. The van der Waals surface area contributed by atoms with Gasteiger partial charge in [-0.3, -0.25) is 0 Å². The zero-order valence-electron chi connectivity index (χ0n) is 17.0. The summed E-state index contributed by atoms with van der Waals surface area (Å²) >= 11 is 0. The number of hydrogen-bond acceptors (Lipinski definition) is 0. The average Bonchev–Trinajstić information content (AvgIpc) is 2.51. The first-order chi connectivity index (χ1) is 11.2. The van der Waals surface area contributed by atoms with Crippen LogP contribution in [0.1, 0.15) is 70.7 Å². The first kappa shape index (κ1) is 18.8. The predicted molar refractivity (Wildman–Crippen MR) is 110 cm³/mol. The topological polar surface area (TPSA) is 0 Å². The van der Waals surface area contributed by atoms with Gasteiger partial charge in [0.05, 0.1) is 0 Å². The third-order valence-electron chi connectivity index (χ3n) is 5.87. The molecule has 0 N–H and O–H groups in total. The molecule has 24 heavy (non-hydrogen) atoms. The molecule has 1 atom stereocenters. The molecule has 127 valence electrons. The quantitative estimate of drug-likeness (QED) is 0.695. The lowest BCUT2D eigenvalue weighted by Gasteiger charge is -2.24. The Balaban J connectivity index is 2.61. The highest BCUT2D eigenvalue weighted by Crippen LogP contribution is 2.29. The van der Waals surface area contributed by atoms with E-state index in [9.17, 15) is 0 Å². The van der Waals surface area contributed by atoms with E-state index < -0.39 is 0 Å². The van der Waals surface area contributed by atoms with Gasteiger partial charge in [-0.1, -0.05) is 64.7 Å². The molecule has 0 aromatic heterocycles. The van der Waals surface area contributed by atoms with E-state index in [0.717, 1.165) is 0 Å². The van der Waals surface area contributed by atoms with E-state index in [1.54, 1.807) is 5.56 Å². The van der Waals surface area contributed by atoms with Crippen LogP contribution in [0.4, 0.5) is 0 Å². The Morgan fingerprint density at radius 3 is 1.62 bits per heavy atom. The molecule has 0 heterocycles. The summed E-state index contributed by atoms with van der Waals surface area (Å²) in [6, 6.07) is 4.58. The van der Waals surface area contributed by atoms with Crippen LogP contribution in [0.2, 0.25) is 0 Å². The van der Waals surface area contributed by atoms with Gasteiger partial charge in [0.1, 0.15) is 0 Å². The second-order valence-electron chi connectivity index (χ2n) is 7.59. The van der Waals surface area contributed by atoms with Gasteiger partial charge in [0.15, 0.2) is 7.28 Å². The first-order valence-corrected chi connectivity index (χ1v) is 9.21. The number of aryl methyl sites for hydroxylation is 3. The van der Waals surface area contributed by atoms with E-state index in [2.05, 4.69) is 81.7 Å². The summed E-state index contributed by atoms with van der Waals surface area (Å²) in [6.45, 7) is 20.4. The Bertz CT molecular complexity index is 716. The smallest absolute Gasteiger partial charge is 0.0757 e. The minimum absolute atomic E-state index is 0.624. The van der Waals surface area contributed by atoms with E-state index in [1.807, 2.05) is 0 Å². The molecule has 0 aliphatic heterocycles. The maximum Gasteiger partial charge on any atom is 0.192 e. The minimum atomic E-state index is 0.624. The van der Waals surface area contributed by atoms with Gasteiger partial charge in [-0.2, -0.15) is 0 Å². The minimum Gasteiger partial charge on any atom is -0.0757 e. The third kappa shape index (κ3) is 3.32. The molecule has 0 aliphatic rings. The second kappa shape index (κ2) is 7.17.